The Kier molecular flexibility index (Phi) is 6.46. The fourth-order valence-corrected chi connectivity index (χ4v) is 3.82. The van der Waals surface area contributed by atoms with Gasteiger partial charge in [0.1, 0.15) is 0 Å². The van der Waals surface area contributed by atoms with Gasteiger partial charge in [-0.05, 0) is 70.3 Å². The molecule has 22 heavy (non-hydrogen) atoms. The lowest BCUT2D eigenvalue weighted by Gasteiger charge is -2.31. The van der Waals surface area contributed by atoms with Crippen molar-refractivity contribution in [2.45, 2.75) is 66.1 Å². The predicted molar refractivity (Wildman–Crippen MR) is 92.5 cm³/mol. The molecular formula is C20H32O2. The monoisotopic (exact) mass is 304 g/mol. The van der Waals surface area contributed by atoms with Gasteiger partial charge in [-0.25, -0.2) is 0 Å². The molecule has 2 aliphatic rings. The van der Waals surface area contributed by atoms with Crippen molar-refractivity contribution in [3.05, 3.63) is 34.9 Å². The maximum Gasteiger partial charge on any atom is 0.161 e. The summed E-state index contributed by atoms with van der Waals surface area (Å²) in [6, 6.07) is 0. The summed E-state index contributed by atoms with van der Waals surface area (Å²) in [5.41, 5.74) is 4.19. The minimum absolute atomic E-state index is 0.195. The molecule has 0 aromatic carbocycles. The molecule has 4 atom stereocenters. The number of aliphatic hydroxyl groups is 1. The second kappa shape index (κ2) is 8.12. The number of fused-ring (bicyclic) bond motifs is 1. The maximum absolute atomic E-state index is 10.3. The number of ether oxygens (including phenoxy) is 1. The van der Waals surface area contributed by atoms with E-state index in [1.807, 2.05) is 0 Å². The molecule has 4 unspecified atom stereocenters. The Balaban J connectivity index is 2.13. The Morgan fingerprint density at radius 1 is 1.41 bits per heavy atom. The van der Waals surface area contributed by atoms with E-state index in [9.17, 15) is 5.11 Å². The van der Waals surface area contributed by atoms with Crippen LogP contribution in [-0.2, 0) is 4.74 Å². The van der Waals surface area contributed by atoms with Gasteiger partial charge in [-0.15, -0.1) is 0 Å². The topological polar surface area (TPSA) is 29.5 Å². The van der Waals surface area contributed by atoms with E-state index >= 15 is 0 Å². The van der Waals surface area contributed by atoms with Crippen molar-refractivity contribution in [2.24, 2.45) is 17.8 Å². The molecule has 0 aromatic rings. The maximum atomic E-state index is 10.3. The molecule has 2 rings (SSSR count). The fraction of sp³-hybridized carbons (Fsp3) is 0.700. The zero-order valence-corrected chi connectivity index (χ0v) is 14.6. The number of allylic oxidation sites excluding steroid dienone is 5. The quantitative estimate of drug-likeness (QED) is 0.740. The van der Waals surface area contributed by atoms with Gasteiger partial charge in [-0.3, -0.25) is 0 Å². The zero-order valence-electron chi connectivity index (χ0n) is 14.6. The number of hydrogen-bond donors (Lipinski definition) is 1. The van der Waals surface area contributed by atoms with Crippen molar-refractivity contribution in [3.8, 4) is 0 Å². The summed E-state index contributed by atoms with van der Waals surface area (Å²) in [6.45, 7) is 9.51. The van der Waals surface area contributed by atoms with E-state index in [0.717, 1.165) is 25.7 Å². The van der Waals surface area contributed by atoms with Gasteiger partial charge in [0.25, 0.3) is 0 Å². The van der Waals surface area contributed by atoms with Gasteiger partial charge in [-0.2, -0.15) is 0 Å². The van der Waals surface area contributed by atoms with Gasteiger partial charge in [0.15, 0.2) is 6.29 Å². The van der Waals surface area contributed by atoms with E-state index in [1.54, 1.807) is 0 Å². The number of aliphatic hydroxyl groups excluding tert-OH is 1. The first kappa shape index (κ1) is 17.5. The first-order valence-corrected chi connectivity index (χ1v) is 8.76. The van der Waals surface area contributed by atoms with Gasteiger partial charge in [0.05, 0.1) is 6.61 Å². The van der Waals surface area contributed by atoms with Crippen LogP contribution in [0.15, 0.2) is 34.9 Å². The van der Waals surface area contributed by atoms with Crippen molar-refractivity contribution < 1.29 is 9.84 Å². The molecular weight excluding hydrogens is 272 g/mol. The van der Waals surface area contributed by atoms with Crippen LogP contribution in [0.2, 0.25) is 0 Å². The molecule has 1 fully saturated rings. The molecule has 0 aromatic heterocycles. The summed E-state index contributed by atoms with van der Waals surface area (Å²) >= 11 is 0. The molecule has 0 radical (unpaired) electrons. The second-order valence-electron chi connectivity index (χ2n) is 7.33. The Morgan fingerprint density at radius 2 is 2.18 bits per heavy atom. The summed E-state index contributed by atoms with van der Waals surface area (Å²) in [7, 11) is 0. The van der Waals surface area contributed by atoms with Crippen LogP contribution >= 0.6 is 0 Å². The second-order valence-corrected chi connectivity index (χ2v) is 7.33. The SMILES string of the molecule is CC(C)=CCCC(C)C1CCC(C)=CCC=C2COC(O)C21. The largest absolute Gasteiger partial charge is 0.367 e. The van der Waals surface area contributed by atoms with Crippen LogP contribution in [0, 0.1) is 17.8 Å². The van der Waals surface area contributed by atoms with E-state index in [0.29, 0.717) is 18.4 Å². The third kappa shape index (κ3) is 4.57. The molecule has 1 N–H and O–H groups in total. The van der Waals surface area contributed by atoms with Crippen molar-refractivity contribution in [1.29, 1.82) is 0 Å². The molecule has 0 bridgehead atoms. The number of rotatable bonds is 4. The molecule has 0 saturated carbocycles. The third-order valence-electron chi connectivity index (χ3n) is 5.24. The van der Waals surface area contributed by atoms with E-state index < -0.39 is 6.29 Å². The lowest BCUT2D eigenvalue weighted by Crippen LogP contribution is -2.29. The van der Waals surface area contributed by atoms with E-state index in [2.05, 4.69) is 45.9 Å². The van der Waals surface area contributed by atoms with Crippen LogP contribution in [0.4, 0.5) is 0 Å². The van der Waals surface area contributed by atoms with Crippen LogP contribution in [0.3, 0.4) is 0 Å². The molecule has 124 valence electrons. The van der Waals surface area contributed by atoms with Crippen LogP contribution in [0.25, 0.3) is 0 Å². The minimum Gasteiger partial charge on any atom is -0.367 e. The van der Waals surface area contributed by atoms with E-state index in [-0.39, 0.29) is 5.92 Å². The van der Waals surface area contributed by atoms with Crippen molar-refractivity contribution in [2.75, 3.05) is 6.61 Å². The van der Waals surface area contributed by atoms with E-state index in [1.165, 1.54) is 23.1 Å². The summed E-state index contributed by atoms with van der Waals surface area (Å²) in [5, 5.41) is 10.3. The van der Waals surface area contributed by atoms with E-state index in [4.69, 9.17) is 4.74 Å². The molecule has 1 heterocycles. The molecule has 2 heteroatoms. The van der Waals surface area contributed by atoms with Gasteiger partial charge >= 0.3 is 0 Å². The Labute approximate surface area is 136 Å². The highest BCUT2D eigenvalue weighted by Gasteiger charge is 2.39. The highest BCUT2D eigenvalue weighted by Crippen LogP contribution is 2.41. The smallest absolute Gasteiger partial charge is 0.161 e. The highest BCUT2D eigenvalue weighted by molar-refractivity contribution is 5.18. The normalized spacial score (nSPS) is 30.3. The molecule has 0 spiro atoms. The summed E-state index contributed by atoms with van der Waals surface area (Å²) in [5.74, 6) is 1.31. The average Bonchev–Trinajstić information content (AvgIpc) is 2.83. The predicted octanol–water partition coefficient (Wildman–Crippen LogP) is 5.01. The van der Waals surface area contributed by atoms with Crippen molar-refractivity contribution >= 4 is 0 Å². The van der Waals surface area contributed by atoms with Crippen LogP contribution in [0.1, 0.15) is 59.8 Å². The third-order valence-corrected chi connectivity index (χ3v) is 5.24. The first-order valence-electron chi connectivity index (χ1n) is 8.76. The standard InChI is InChI=1S/C20H32O2/c1-14(2)7-5-9-16(4)18-12-11-15(3)8-6-10-17-13-22-20(21)19(17)18/h7-8,10,16,18-21H,5-6,9,11-13H2,1-4H3. The van der Waals surface area contributed by atoms with Crippen LogP contribution in [-0.4, -0.2) is 18.0 Å². The van der Waals surface area contributed by atoms with Gasteiger partial charge in [-0.1, -0.05) is 36.3 Å². The fourth-order valence-electron chi connectivity index (χ4n) is 3.82. The van der Waals surface area contributed by atoms with Gasteiger partial charge in [0, 0.05) is 5.92 Å². The molecule has 1 saturated heterocycles. The van der Waals surface area contributed by atoms with Crippen LogP contribution in [0.5, 0.6) is 0 Å². The summed E-state index contributed by atoms with van der Waals surface area (Å²) < 4.78 is 5.56. The Morgan fingerprint density at radius 3 is 2.91 bits per heavy atom. The minimum atomic E-state index is -0.611. The molecule has 0 amide bonds. The lowest BCUT2D eigenvalue weighted by atomic mass is 9.74. The molecule has 2 nitrogen and oxygen atoms in total. The Bertz CT molecular complexity index is 454. The molecule has 1 aliphatic heterocycles. The summed E-state index contributed by atoms with van der Waals surface area (Å²) in [4.78, 5) is 0. The van der Waals surface area contributed by atoms with Gasteiger partial charge < -0.3 is 9.84 Å². The summed E-state index contributed by atoms with van der Waals surface area (Å²) in [6.07, 6.45) is 11.9. The van der Waals surface area contributed by atoms with Crippen molar-refractivity contribution in [1.82, 2.24) is 0 Å². The highest BCUT2D eigenvalue weighted by atomic mass is 16.6. The van der Waals surface area contributed by atoms with Crippen molar-refractivity contribution in [3.63, 3.8) is 0 Å². The van der Waals surface area contributed by atoms with Crippen LogP contribution < -0.4 is 0 Å². The lowest BCUT2D eigenvalue weighted by molar-refractivity contribution is -0.0976. The molecule has 1 aliphatic carbocycles. The zero-order chi connectivity index (χ0) is 16.1. The Hall–Kier alpha value is -0.860. The van der Waals surface area contributed by atoms with Gasteiger partial charge in [0.2, 0.25) is 0 Å². The first-order chi connectivity index (χ1) is 10.5. The average molecular weight is 304 g/mol. The number of hydrogen-bond acceptors (Lipinski definition) is 2.